The molecule has 1 aromatic heterocycles. The van der Waals surface area contributed by atoms with Crippen LogP contribution in [-0.2, 0) is 17.8 Å². The summed E-state index contributed by atoms with van der Waals surface area (Å²) in [5, 5.41) is 3.12. The summed E-state index contributed by atoms with van der Waals surface area (Å²) >= 11 is 0. The standard InChI is InChI=1S/C60H86N6O3/c1-5-66(53-10-22-69-23-11-53)56-32-52(31-54(43(56)4)57(67)61-39-55-41(2)24-42(3)62-58(55)68)51-8-6-44(7-9-51)40-65-20-18-64(19-21-65)17-16-63(14-12-59-33-45-25-46(34-59)27-47(26-45)35-59)15-13-60-36-48-28-49(37-60)30-50(29-48)38-60/h6-9,24,31-32,45-50,53H,5,10-23,25-30,33-40H2,1-4H3,(H,61,67)(H,62,68). The summed E-state index contributed by atoms with van der Waals surface area (Å²) in [5.74, 6) is 6.15. The predicted molar refractivity (Wildman–Crippen MR) is 280 cm³/mol. The van der Waals surface area contributed by atoms with Crippen LogP contribution in [0.15, 0.2) is 47.3 Å². The summed E-state index contributed by atoms with van der Waals surface area (Å²) in [6.07, 6.45) is 23.5. The van der Waals surface area contributed by atoms with E-state index in [0.717, 1.165) is 134 Å². The molecule has 8 aliphatic carbocycles. The van der Waals surface area contributed by atoms with Gasteiger partial charge in [-0.3, -0.25) is 19.4 Å². The van der Waals surface area contributed by atoms with E-state index in [9.17, 15) is 9.59 Å². The smallest absolute Gasteiger partial charge is 0.253 e. The van der Waals surface area contributed by atoms with Crippen molar-refractivity contribution >= 4 is 11.6 Å². The Morgan fingerprint density at radius 2 is 1.28 bits per heavy atom. The monoisotopic (exact) mass is 939 g/mol. The van der Waals surface area contributed by atoms with E-state index in [1.807, 2.05) is 19.9 Å². The lowest BCUT2D eigenvalue weighted by atomic mass is 9.48. The number of aromatic amines is 1. The number of H-pyrrole nitrogens is 1. The number of aryl methyl sites for hydroxylation is 2. The fourth-order valence-corrected chi connectivity index (χ4v) is 17.2. The number of carbonyl (C=O) groups excluding carboxylic acids is 1. The molecule has 69 heavy (non-hydrogen) atoms. The van der Waals surface area contributed by atoms with Crippen LogP contribution in [0.25, 0.3) is 11.1 Å². The number of anilines is 1. The normalized spacial score (nSPS) is 31.0. The van der Waals surface area contributed by atoms with E-state index in [2.05, 4.69) is 80.1 Å². The van der Waals surface area contributed by atoms with Gasteiger partial charge < -0.3 is 24.8 Å². The maximum atomic E-state index is 14.1. The molecule has 0 spiro atoms. The molecule has 374 valence electrons. The van der Waals surface area contributed by atoms with Crippen LogP contribution in [0.5, 0.6) is 0 Å². The summed E-state index contributed by atoms with van der Waals surface area (Å²) in [7, 11) is 0. The first-order chi connectivity index (χ1) is 33.5. The lowest BCUT2D eigenvalue weighted by Crippen LogP contribution is -2.50. The SMILES string of the molecule is CCN(c1cc(-c2ccc(CN3CCN(CCN(CCC45CC6CC(CC(C6)C4)C5)CCC45CC6CC(CC(C6)C4)C5)CC3)cc2)cc(C(=O)NCc2c(C)cc(C)[nH]c2=O)c1C)C1CCOCC1. The second kappa shape index (κ2) is 20.2. The van der Waals surface area contributed by atoms with E-state index < -0.39 is 0 Å². The number of pyridine rings is 1. The van der Waals surface area contributed by atoms with Crippen molar-refractivity contribution in [1.82, 2.24) is 25.0 Å². The number of hydrogen-bond donors (Lipinski definition) is 2. The minimum Gasteiger partial charge on any atom is -0.381 e. The summed E-state index contributed by atoms with van der Waals surface area (Å²) < 4.78 is 5.76. The quantitative estimate of drug-likeness (QED) is 0.131. The van der Waals surface area contributed by atoms with Crippen molar-refractivity contribution in [2.45, 2.75) is 150 Å². The minimum absolute atomic E-state index is 0.145. The first-order valence-electron chi connectivity index (χ1n) is 28.2. The van der Waals surface area contributed by atoms with Crippen molar-refractivity contribution in [3.05, 3.63) is 86.3 Å². The molecule has 0 atom stereocenters. The lowest BCUT2D eigenvalue weighted by Gasteiger charge is -2.58. The molecule has 2 N–H and O–H groups in total. The lowest BCUT2D eigenvalue weighted by molar-refractivity contribution is -0.0686. The fourth-order valence-electron chi connectivity index (χ4n) is 17.2. The van der Waals surface area contributed by atoms with E-state index in [1.165, 1.54) is 44.6 Å². The number of aromatic nitrogens is 1. The number of nitrogens with one attached hydrogen (secondary N) is 2. The van der Waals surface area contributed by atoms with Gasteiger partial charge in [-0.25, -0.2) is 0 Å². The molecule has 1 amide bonds. The van der Waals surface area contributed by atoms with Crippen molar-refractivity contribution in [3.63, 3.8) is 0 Å². The fraction of sp³-hybridized carbons (Fsp3) is 0.700. The Morgan fingerprint density at radius 1 is 0.725 bits per heavy atom. The molecule has 0 unspecified atom stereocenters. The Bertz CT molecular complexity index is 2220. The summed E-state index contributed by atoms with van der Waals surface area (Å²) in [6.45, 7) is 21.3. The Balaban J connectivity index is 0.724. The van der Waals surface area contributed by atoms with Gasteiger partial charge >= 0.3 is 0 Å². The molecule has 2 saturated heterocycles. The Hall–Kier alpha value is -3.50. The molecule has 3 heterocycles. The van der Waals surface area contributed by atoms with Gasteiger partial charge in [0.15, 0.2) is 0 Å². The molecule has 8 bridgehead atoms. The number of piperazine rings is 1. The van der Waals surface area contributed by atoms with Crippen LogP contribution in [-0.4, -0.2) is 104 Å². The molecule has 10 fully saturated rings. The number of nitrogens with zero attached hydrogens (tertiary/aromatic N) is 4. The Labute approximate surface area is 414 Å². The number of benzene rings is 2. The molecule has 0 radical (unpaired) electrons. The molecule has 13 rings (SSSR count). The van der Waals surface area contributed by atoms with Crippen LogP contribution in [0.1, 0.15) is 148 Å². The largest absolute Gasteiger partial charge is 0.381 e. The summed E-state index contributed by atoms with van der Waals surface area (Å²) in [4.78, 5) is 40.8. The average molecular weight is 939 g/mol. The summed E-state index contributed by atoms with van der Waals surface area (Å²) in [5.41, 5.74) is 9.73. The number of amides is 1. The average Bonchev–Trinajstić information content (AvgIpc) is 3.32. The number of ether oxygens (including phenoxy) is 1. The third kappa shape index (κ3) is 10.6. The van der Waals surface area contributed by atoms with Crippen molar-refractivity contribution in [2.24, 2.45) is 46.3 Å². The molecule has 9 nitrogen and oxygen atoms in total. The Morgan fingerprint density at radius 3 is 1.81 bits per heavy atom. The molecule has 9 heteroatoms. The van der Waals surface area contributed by atoms with Crippen molar-refractivity contribution < 1.29 is 9.53 Å². The first-order valence-corrected chi connectivity index (χ1v) is 28.2. The van der Waals surface area contributed by atoms with Gasteiger partial charge in [-0.1, -0.05) is 24.3 Å². The predicted octanol–water partition coefficient (Wildman–Crippen LogP) is 10.5. The zero-order chi connectivity index (χ0) is 47.3. The molecule has 2 aliphatic heterocycles. The van der Waals surface area contributed by atoms with Gasteiger partial charge in [0.25, 0.3) is 11.5 Å². The van der Waals surface area contributed by atoms with E-state index in [1.54, 1.807) is 77.0 Å². The zero-order valence-corrected chi connectivity index (χ0v) is 43.1. The first kappa shape index (κ1) is 47.8. The second-order valence-corrected chi connectivity index (χ2v) is 24.9. The highest BCUT2D eigenvalue weighted by Crippen LogP contribution is 2.63. The van der Waals surface area contributed by atoms with Crippen molar-refractivity contribution in [2.75, 3.05) is 77.0 Å². The van der Waals surface area contributed by atoms with E-state index in [4.69, 9.17) is 4.74 Å². The van der Waals surface area contributed by atoms with Crippen LogP contribution >= 0.6 is 0 Å². The molecule has 2 aromatic carbocycles. The highest BCUT2D eigenvalue weighted by molar-refractivity contribution is 5.99. The van der Waals surface area contributed by atoms with Crippen LogP contribution in [0.4, 0.5) is 5.69 Å². The van der Waals surface area contributed by atoms with Crippen LogP contribution < -0.4 is 15.8 Å². The zero-order valence-electron chi connectivity index (χ0n) is 43.1. The molecule has 10 aliphatic rings. The van der Waals surface area contributed by atoms with Gasteiger partial charge in [0.05, 0.1) is 0 Å². The van der Waals surface area contributed by atoms with Gasteiger partial charge in [-0.2, -0.15) is 0 Å². The number of rotatable bonds is 18. The number of carbonyl (C=O) groups is 1. The van der Waals surface area contributed by atoms with E-state index in [-0.39, 0.29) is 18.0 Å². The van der Waals surface area contributed by atoms with E-state index in [0.29, 0.717) is 28.0 Å². The molecule has 8 saturated carbocycles. The number of hydrogen-bond acceptors (Lipinski definition) is 7. The van der Waals surface area contributed by atoms with Gasteiger partial charge in [0.1, 0.15) is 0 Å². The van der Waals surface area contributed by atoms with Crippen molar-refractivity contribution in [3.8, 4) is 11.1 Å². The maximum absolute atomic E-state index is 14.1. The third-order valence-electron chi connectivity index (χ3n) is 20.0. The second-order valence-electron chi connectivity index (χ2n) is 24.9. The summed E-state index contributed by atoms with van der Waals surface area (Å²) in [6, 6.07) is 15.8. The highest BCUT2D eigenvalue weighted by Gasteiger charge is 2.52. The Kier molecular flexibility index (Phi) is 14.0. The van der Waals surface area contributed by atoms with Crippen molar-refractivity contribution in [1.29, 1.82) is 0 Å². The topological polar surface area (TPSA) is 84.2 Å². The molecular formula is C60H86N6O3. The minimum atomic E-state index is -0.156. The molecular weight excluding hydrogens is 853 g/mol. The van der Waals surface area contributed by atoms with Gasteiger partial charge in [0, 0.05) is 101 Å². The van der Waals surface area contributed by atoms with Gasteiger partial charge in [-0.05, 0) is 236 Å². The third-order valence-corrected chi connectivity index (χ3v) is 20.0. The van der Waals surface area contributed by atoms with Gasteiger partial charge in [-0.15, -0.1) is 0 Å². The van der Waals surface area contributed by atoms with E-state index >= 15 is 0 Å². The van der Waals surface area contributed by atoms with Gasteiger partial charge in [0.2, 0.25) is 0 Å². The highest BCUT2D eigenvalue weighted by atomic mass is 16.5. The van der Waals surface area contributed by atoms with Crippen LogP contribution in [0.3, 0.4) is 0 Å². The maximum Gasteiger partial charge on any atom is 0.253 e. The molecule has 3 aromatic rings. The van der Waals surface area contributed by atoms with Crippen LogP contribution in [0, 0.1) is 67.1 Å². The van der Waals surface area contributed by atoms with Crippen LogP contribution in [0.2, 0.25) is 0 Å².